The molecule has 5 heterocycles. The first-order valence-electron chi connectivity index (χ1n) is 23.8. The van der Waals surface area contributed by atoms with Crippen LogP contribution in [0.5, 0.6) is 0 Å². The first-order chi connectivity index (χ1) is 31.2. The Bertz CT molecular complexity index is 2220. The lowest BCUT2D eigenvalue weighted by Gasteiger charge is -2.55. The van der Waals surface area contributed by atoms with Crippen molar-refractivity contribution < 1.29 is 33.1 Å². The first kappa shape index (κ1) is 48.1. The van der Waals surface area contributed by atoms with Gasteiger partial charge in [-0.05, 0) is 120 Å². The van der Waals surface area contributed by atoms with Crippen molar-refractivity contribution in [1.29, 1.82) is 0 Å². The first-order valence-corrected chi connectivity index (χ1v) is 23.8. The quantitative estimate of drug-likeness (QED) is 0.227. The zero-order chi connectivity index (χ0) is 46.4. The molecule has 1 aromatic heterocycles. The zero-order valence-corrected chi connectivity index (χ0v) is 38.3. The molecule has 7 fully saturated rings. The van der Waals surface area contributed by atoms with Crippen LogP contribution in [0.15, 0.2) is 47.3 Å². The fourth-order valence-corrected chi connectivity index (χ4v) is 10.5. The lowest BCUT2D eigenvalue weighted by molar-refractivity contribution is -0.176. The standard InChI is InChI=1S/C43H56FN7O5.C6H10O.CH2O/c44-35-11-10-30(25-36-32-8-4-5-9-33(32)39(53)48-47-36)24-34(35)41(55)51-22-20-50(21-23-51)37(52)26-29-12-18-49(19-13-29)27-43-16-14-42(15-17-43,28-56-43)46-40(54)38(45)31-6-2-1-3-7-31;1-5(7)6(2)3-4-6;1-2/h4-5,8-11,24,29,31,38H,1-3,6-7,12-23,25-28,45H2,(H,46,54)(H,48,53);3-4H2,1-2H3;1H2. The van der Waals surface area contributed by atoms with Gasteiger partial charge in [-0.3, -0.25) is 24.0 Å². The van der Waals surface area contributed by atoms with Crippen molar-refractivity contribution in [2.45, 2.75) is 127 Å². The van der Waals surface area contributed by atoms with E-state index >= 15 is 4.39 Å². The van der Waals surface area contributed by atoms with Crippen LogP contribution in [0.3, 0.4) is 0 Å². The third-order valence-electron chi connectivity index (χ3n) is 15.5. The van der Waals surface area contributed by atoms with Crippen LogP contribution < -0.4 is 16.6 Å². The molecule has 2 aromatic carbocycles. The van der Waals surface area contributed by atoms with Crippen molar-refractivity contribution >= 4 is 41.1 Å². The number of aromatic nitrogens is 2. The van der Waals surface area contributed by atoms with Crippen LogP contribution in [0.1, 0.15) is 125 Å². The molecule has 4 saturated heterocycles. The largest absolute Gasteiger partial charge is 0.371 e. The Labute approximate surface area is 381 Å². The number of hydrogen-bond acceptors (Lipinski definition) is 10. The molecule has 15 heteroatoms. The summed E-state index contributed by atoms with van der Waals surface area (Å²) in [5.74, 6) is 0.0874. The number of ether oxygens (including phenoxy) is 1. The number of H-pyrrole nitrogens is 1. The van der Waals surface area contributed by atoms with Gasteiger partial charge in [-0.2, -0.15) is 5.10 Å². The number of Topliss-reactive ketones (excluding diaryl/α,β-unsaturated/α-hetero) is 1. The number of piperidine rings is 1. The van der Waals surface area contributed by atoms with Gasteiger partial charge in [0.05, 0.1) is 40.4 Å². The molecule has 14 nitrogen and oxygen atoms in total. The lowest BCUT2D eigenvalue weighted by Crippen LogP contribution is -2.67. The molecule has 352 valence electrons. The van der Waals surface area contributed by atoms with Crippen molar-refractivity contribution in [3.63, 3.8) is 0 Å². The average Bonchev–Trinajstić information content (AvgIpc) is 4.11. The van der Waals surface area contributed by atoms with Crippen LogP contribution in [0.25, 0.3) is 10.8 Å². The van der Waals surface area contributed by atoms with Crippen LogP contribution >= 0.6 is 0 Å². The molecule has 3 saturated carbocycles. The molecule has 1 atom stereocenters. The van der Waals surface area contributed by atoms with E-state index in [1.54, 1.807) is 36.1 Å². The summed E-state index contributed by atoms with van der Waals surface area (Å²) in [7, 11) is 0. The summed E-state index contributed by atoms with van der Waals surface area (Å²) >= 11 is 0. The van der Waals surface area contributed by atoms with Crippen LogP contribution in [0.2, 0.25) is 0 Å². The van der Waals surface area contributed by atoms with Gasteiger partial charge in [0.15, 0.2) is 0 Å². The summed E-state index contributed by atoms with van der Waals surface area (Å²) in [5, 5.41) is 11.3. The molecule has 4 N–H and O–H groups in total. The van der Waals surface area contributed by atoms with Gasteiger partial charge < -0.3 is 35.3 Å². The predicted octanol–water partition coefficient (Wildman–Crippen LogP) is 5.34. The van der Waals surface area contributed by atoms with E-state index in [1.165, 1.54) is 25.3 Å². The van der Waals surface area contributed by atoms with Crippen LogP contribution in [0.4, 0.5) is 4.39 Å². The lowest BCUT2D eigenvalue weighted by atomic mass is 9.70. The fourth-order valence-electron chi connectivity index (χ4n) is 10.5. The normalized spacial score (nSPS) is 24.8. The van der Waals surface area contributed by atoms with Crippen LogP contribution in [-0.2, 0) is 30.3 Å². The van der Waals surface area contributed by atoms with Gasteiger partial charge in [0.1, 0.15) is 18.4 Å². The minimum Gasteiger partial charge on any atom is -0.371 e. The fraction of sp³-hybridized carbons (Fsp3) is 0.620. The minimum atomic E-state index is -0.590. The van der Waals surface area contributed by atoms with Gasteiger partial charge in [-0.1, -0.05) is 50.5 Å². The van der Waals surface area contributed by atoms with E-state index in [0.29, 0.717) is 79.4 Å². The highest BCUT2D eigenvalue weighted by molar-refractivity contribution is 5.95. The van der Waals surface area contributed by atoms with E-state index < -0.39 is 17.8 Å². The van der Waals surface area contributed by atoms with E-state index in [9.17, 15) is 24.0 Å². The molecular formula is C50H68FN7O7. The molecule has 4 aliphatic heterocycles. The van der Waals surface area contributed by atoms with E-state index in [2.05, 4.69) is 20.4 Å². The maximum absolute atomic E-state index is 15.0. The number of fused-ring (bicyclic) bond motifs is 4. The van der Waals surface area contributed by atoms with E-state index in [1.807, 2.05) is 30.7 Å². The number of rotatable bonds is 11. The summed E-state index contributed by atoms with van der Waals surface area (Å²) in [6.45, 7) is 10.5. The number of aromatic amines is 1. The Morgan fingerprint density at radius 3 is 2.14 bits per heavy atom. The number of benzene rings is 2. The summed E-state index contributed by atoms with van der Waals surface area (Å²) in [4.78, 5) is 76.8. The number of piperazine rings is 1. The van der Waals surface area contributed by atoms with Crippen LogP contribution in [0, 0.1) is 23.1 Å². The van der Waals surface area contributed by atoms with Crippen LogP contribution in [-0.4, -0.2) is 125 Å². The third-order valence-corrected chi connectivity index (χ3v) is 15.5. The number of halogens is 1. The maximum Gasteiger partial charge on any atom is 0.272 e. The smallest absolute Gasteiger partial charge is 0.272 e. The highest BCUT2D eigenvalue weighted by atomic mass is 19.1. The average molecular weight is 898 g/mol. The monoisotopic (exact) mass is 898 g/mol. The third kappa shape index (κ3) is 11.4. The number of likely N-dealkylation sites (tertiary alicyclic amines) is 1. The molecule has 3 amide bonds. The van der Waals surface area contributed by atoms with Crippen molar-refractivity contribution in [3.05, 3.63) is 75.5 Å². The molecule has 0 radical (unpaired) electrons. The van der Waals surface area contributed by atoms with Gasteiger partial charge in [-0.25, -0.2) is 9.49 Å². The van der Waals surface area contributed by atoms with Gasteiger partial charge in [0.25, 0.3) is 11.5 Å². The number of nitrogens with two attached hydrogens (primary N) is 1. The molecular weight excluding hydrogens is 830 g/mol. The van der Waals surface area contributed by atoms with Gasteiger partial charge in [0.2, 0.25) is 11.8 Å². The maximum atomic E-state index is 15.0. The van der Waals surface area contributed by atoms with Crippen molar-refractivity contribution in [2.75, 3.05) is 52.4 Å². The number of nitrogens with one attached hydrogen (secondary N) is 2. The highest BCUT2D eigenvalue weighted by Crippen LogP contribution is 2.46. The Balaban J connectivity index is 0.000000633. The number of hydrogen-bond donors (Lipinski definition) is 3. The number of carbonyl (C=O) groups is 5. The van der Waals surface area contributed by atoms with Gasteiger partial charge in [0, 0.05) is 56.4 Å². The number of carbonyl (C=O) groups excluding carboxylic acids is 5. The number of amides is 3. The number of ketones is 1. The van der Waals surface area contributed by atoms with Crippen molar-refractivity contribution in [3.8, 4) is 0 Å². The molecule has 7 aliphatic rings. The van der Waals surface area contributed by atoms with Gasteiger partial charge >= 0.3 is 0 Å². The summed E-state index contributed by atoms with van der Waals surface area (Å²) < 4.78 is 21.6. The molecule has 10 rings (SSSR count). The molecule has 3 aromatic rings. The Kier molecular flexibility index (Phi) is 15.4. The summed E-state index contributed by atoms with van der Waals surface area (Å²) in [6, 6.07) is 11.3. The summed E-state index contributed by atoms with van der Waals surface area (Å²) in [6.07, 6.45) is 14.4. The van der Waals surface area contributed by atoms with Crippen molar-refractivity contribution in [2.24, 2.45) is 23.0 Å². The topological polar surface area (TPSA) is 188 Å². The Hall–Kier alpha value is -4.86. The zero-order valence-electron chi connectivity index (χ0n) is 38.3. The van der Waals surface area contributed by atoms with E-state index in [0.717, 1.165) is 83.8 Å². The van der Waals surface area contributed by atoms with E-state index in [-0.39, 0.29) is 45.4 Å². The number of nitrogens with zero attached hydrogens (tertiary/aromatic N) is 4. The second kappa shape index (κ2) is 20.8. The van der Waals surface area contributed by atoms with E-state index in [4.69, 9.17) is 15.3 Å². The minimum absolute atomic E-state index is 0.00477. The Morgan fingerprint density at radius 2 is 1.54 bits per heavy atom. The molecule has 0 spiro atoms. The molecule has 2 bridgehead atoms. The molecule has 1 unspecified atom stereocenters. The molecule has 3 aliphatic carbocycles. The SMILES string of the molecule is C=O.CC(=O)C1(C)CC1.NC(C(=O)NC12CCC(CN3CCC(CC(=O)N4CCN(C(=O)c5cc(Cc6n[nH]c(=O)c7ccccc67)ccc5F)CC4)CC3)(CC1)OC2)C1CCCCC1. The second-order valence-electron chi connectivity index (χ2n) is 19.9. The summed E-state index contributed by atoms with van der Waals surface area (Å²) in [5.41, 5.74) is 7.15. The second-order valence-corrected chi connectivity index (χ2v) is 19.9. The highest BCUT2D eigenvalue weighted by Gasteiger charge is 2.51. The molecule has 65 heavy (non-hydrogen) atoms. The Morgan fingerprint density at radius 1 is 0.892 bits per heavy atom. The predicted molar refractivity (Wildman–Crippen MR) is 246 cm³/mol. The van der Waals surface area contributed by atoms with Crippen molar-refractivity contribution in [1.82, 2.24) is 30.2 Å². The van der Waals surface area contributed by atoms with Gasteiger partial charge in [-0.15, -0.1) is 0 Å².